The van der Waals surface area contributed by atoms with Gasteiger partial charge in [0.05, 0.1) is 27.5 Å². The first-order chi connectivity index (χ1) is 9.43. The lowest BCUT2D eigenvalue weighted by Gasteiger charge is -2.16. The predicted octanol–water partition coefficient (Wildman–Crippen LogP) is 2.83. The van der Waals surface area contributed by atoms with Gasteiger partial charge in [0, 0.05) is 18.8 Å². The van der Waals surface area contributed by atoms with Crippen LogP contribution in [0.4, 0.5) is 0 Å². The van der Waals surface area contributed by atoms with Gasteiger partial charge in [0.15, 0.2) is 0 Å². The van der Waals surface area contributed by atoms with Gasteiger partial charge in [-0.3, -0.25) is 20.9 Å². The van der Waals surface area contributed by atoms with Gasteiger partial charge >= 0.3 is 0 Å². The third kappa shape index (κ3) is 3.07. The number of hydrazine groups is 1. The largest absolute Gasteiger partial charge is 0.271 e. The second-order valence-electron chi connectivity index (χ2n) is 4.42. The molecule has 108 valence electrons. The third-order valence-corrected chi connectivity index (χ3v) is 4.03. The van der Waals surface area contributed by atoms with Gasteiger partial charge in [0.2, 0.25) is 0 Å². The Morgan fingerprint density at radius 2 is 2.10 bits per heavy atom. The van der Waals surface area contributed by atoms with Crippen molar-refractivity contribution in [1.29, 1.82) is 0 Å². The topological polar surface area (TPSA) is 68.8 Å². The molecular formula is C12H14Cl3N5. The maximum absolute atomic E-state index is 6.22. The molecule has 3 N–H and O–H groups in total. The number of pyridine rings is 1. The van der Waals surface area contributed by atoms with Gasteiger partial charge < -0.3 is 0 Å². The van der Waals surface area contributed by atoms with Gasteiger partial charge in [-0.15, -0.1) is 0 Å². The molecule has 20 heavy (non-hydrogen) atoms. The molecule has 0 aliphatic carbocycles. The lowest BCUT2D eigenvalue weighted by molar-refractivity contribution is 0.537. The van der Waals surface area contributed by atoms with Crippen LogP contribution in [0.15, 0.2) is 12.3 Å². The first-order valence-electron chi connectivity index (χ1n) is 5.89. The summed E-state index contributed by atoms with van der Waals surface area (Å²) in [5, 5.41) is 5.78. The Morgan fingerprint density at radius 3 is 2.60 bits per heavy atom. The van der Waals surface area contributed by atoms with E-state index in [0.717, 1.165) is 11.3 Å². The zero-order valence-corrected chi connectivity index (χ0v) is 13.3. The molecule has 5 nitrogen and oxygen atoms in total. The number of halogens is 3. The summed E-state index contributed by atoms with van der Waals surface area (Å²) in [6.45, 7) is 1.89. The van der Waals surface area contributed by atoms with Crippen LogP contribution in [0.25, 0.3) is 0 Å². The molecular weight excluding hydrogens is 321 g/mol. The molecule has 2 aromatic rings. The van der Waals surface area contributed by atoms with E-state index >= 15 is 0 Å². The standard InChI is InChI=1S/C12H14Cl3N5/c1-6-8(12(15)20(2)19-6)4-10(18-16)11-9(14)3-7(13)5-17-11/h3,5,10,18H,4,16H2,1-2H3. The number of hydrogen-bond acceptors (Lipinski definition) is 4. The highest BCUT2D eigenvalue weighted by atomic mass is 35.5. The fraction of sp³-hybridized carbons (Fsp3) is 0.333. The number of hydrogen-bond donors (Lipinski definition) is 2. The Morgan fingerprint density at radius 1 is 1.40 bits per heavy atom. The molecule has 1 unspecified atom stereocenters. The smallest absolute Gasteiger partial charge is 0.130 e. The van der Waals surface area contributed by atoms with Gasteiger partial charge in [-0.05, 0) is 19.4 Å². The second kappa shape index (κ2) is 6.28. The number of nitrogens with two attached hydrogens (primary N) is 1. The van der Waals surface area contributed by atoms with Crippen LogP contribution in [-0.4, -0.2) is 14.8 Å². The molecule has 1 atom stereocenters. The van der Waals surface area contributed by atoms with E-state index in [1.54, 1.807) is 17.8 Å². The Balaban J connectivity index is 2.33. The van der Waals surface area contributed by atoms with Gasteiger partial charge in [-0.1, -0.05) is 34.8 Å². The van der Waals surface area contributed by atoms with Crippen LogP contribution in [0, 0.1) is 6.92 Å². The van der Waals surface area contributed by atoms with Crippen LogP contribution in [0.5, 0.6) is 0 Å². The van der Waals surface area contributed by atoms with Gasteiger partial charge in [0.25, 0.3) is 0 Å². The van der Waals surface area contributed by atoms with Crippen LogP contribution in [0.1, 0.15) is 23.0 Å². The number of rotatable bonds is 4. The average molecular weight is 335 g/mol. The van der Waals surface area contributed by atoms with Gasteiger partial charge in [-0.25, -0.2) is 0 Å². The normalized spacial score (nSPS) is 12.7. The minimum Gasteiger partial charge on any atom is -0.271 e. The molecule has 0 saturated carbocycles. The average Bonchev–Trinajstić information content (AvgIpc) is 2.62. The fourth-order valence-corrected chi connectivity index (χ4v) is 2.79. The third-order valence-electron chi connectivity index (χ3n) is 3.05. The van der Waals surface area contributed by atoms with Crippen molar-refractivity contribution < 1.29 is 0 Å². The van der Waals surface area contributed by atoms with Crippen LogP contribution < -0.4 is 11.3 Å². The lowest BCUT2D eigenvalue weighted by Crippen LogP contribution is -2.30. The molecule has 0 spiro atoms. The molecule has 0 bridgehead atoms. The van der Waals surface area contributed by atoms with Crippen molar-refractivity contribution in [3.05, 3.63) is 44.4 Å². The van der Waals surface area contributed by atoms with Crippen LogP contribution in [0.3, 0.4) is 0 Å². The maximum Gasteiger partial charge on any atom is 0.130 e. The van der Waals surface area contributed by atoms with Crippen molar-refractivity contribution in [2.24, 2.45) is 12.9 Å². The Bertz CT molecular complexity index is 626. The summed E-state index contributed by atoms with van der Waals surface area (Å²) >= 11 is 18.2. The van der Waals surface area contributed by atoms with Crippen LogP contribution in [0.2, 0.25) is 15.2 Å². The number of nitrogens with one attached hydrogen (secondary N) is 1. The zero-order valence-electron chi connectivity index (χ0n) is 11.0. The van der Waals surface area contributed by atoms with E-state index in [2.05, 4.69) is 15.5 Å². The Labute approximate surface area is 132 Å². The van der Waals surface area contributed by atoms with Gasteiger partial charge in [0.1, 0.15) is 5.15 Å². The summed E-state index contributed by atoms with van der Waals surface area (Å²) in [4.78, 5) is 4.23. The van der Waals surface area contributed by atoms with Crippen molar-refractivity contribution in [1.82, 2.24) is 20.2 Å². The van der Waals surface area contributed by atoms with Crippen molar-refractivity contribution in [3.8, 4) is 0 Å². The molecule has 2 rings (SSSR count). The fourth-order valence-electron chi connectivity index (χ4n) is 2.03. The molecule has 0 aliphatic heterocycles. The van der Waals surface area contributed by atoms with Crippen molar-refractivity contribution in [2.75, 3.05) is 0 Å². The maximum atomic E-state index is 6.22. The van der Waals surface area contributed by atoms with E-state index in [-0.39, 0.29) is 6.04 Å². The number of aryl methyl sites for hydroxylation is 2. The lowest BCUT2D eigenvalue weighted by atomic mass is 10.0. The summed E-state index contributed by atoms with van der Waals surface area (Å²) in [6, 6.07) is 1.35. The van der Waals surface area contributed by atoms with Crippen LogP contribution in [-0.2, 0) is 13.5 Å². The van der Waals surface area contributed by atoms with E-state index in [4.69, 9.17) is 40.6 Å². The molecule has 2 heterocycles. The monoisotopic (exact) mass is 333 g/mol. The number of nitrogens with zero attached hydrogens (tertiary/aromatic N) is 3. The SMILES string of the molecule is Cc1nn(C)c(Cl)c1CC(NN)c1ncc(Cl)cc1Cl. The van der Waals surface area contributed by atoms with E-state index < -0.39 is 0 Å². The van der Waals surface area contributed by atoms with Crippen LogP contribution >= 0.6 is 34.8 Å². The summed E-state index contributed by atoms with van der Waals surface area (Å²) in [6.07, 6.45) is 2.06. The predicted molar refractivity (Wildman–Crippen MR) is 81.0 cm³/mol. The molecule has 0 amide bonds. The summed E-state index contributed by atoms with van der Waals surface area (Å²) in [5.41, 5.74) is 5.09. The molecule has 0 fully saturated rings. The number of aromatic nitrogens is 3. The summed E-state index contributed by atoms with van der Waals surface area (Å²) < 4.78 is 1.62. The van der Waals surface area contributed by atoms with E-state index in [1.165, 1.54) is 6.20 Å². The quantitative estimate of drug-likeness (QED) is 0.666. The summed E-state index contributed by atoms with van der Waals surface area (Å²) in [5.74, 6) is 5.61. The van der Waals surface area contributed by atoms with E-state index in [9.17, 15) is 0 Å². The molecule has 0 saturated heterocycles. The first-order valence-corrected chi connectivity index (χ1v) is 7.02. The zero-order chi connectivity index (χ0) is 14.9. The Kier molecular flexibility index (Phi) is 4.88. The molecule has 2 aromatic heterocycles. The molecule has 8 heteroatoms. The van der Waals surface area contributed by atoms with Gasteiger partial charge in [-0.2, -0.15) is 5.10 Å². The minimum absolute atomic E-state index is 0.278. The molecule has 0 radical (unpaired) electrons. The highest BCUT2D eigenvalue weighted by Crippen LogP contribution is 2.29. The summed E-state index contributed by atoms with van der Waals surface area (Å²) in [7, 11) is 1.79. The molecule has 0 aromatic carbocycles. The van der Waals surface area contributed by atoms with E-state index in [1.807, 2.05) is 6.92 Å². The van der Waals surface area contributed by atoms with Crippen molar-refractivity contribution in [2.45, 2.75) is 19.4 Å². The Hall–Kier alpha value is -0.850. The molecule has 0 aliphatic rings. The first kappa shape index (κ1) is 15.5. The highest BCUT2D eigenvalue weighted by molar-refractivity contribution is 6.34. The van der Waals surface area contributed by atoms with E-state index in [0.29, 0.717) is 27.3 Å². The second-order valence-corrected chi connectivity index (χ2v) is 5.62. The van der Waals surface area contributed by atoms with Crippen molar-refractivity contribution in [3.63, 3.8) is 0 Å². The van der Waals surface area contributed by atoms with Crippen molar-refractivity contribution >= 4 is 34.8 Å². The highest BCUT2D eigenvalue weighted by Gasteiger charge is 2.20. The minimum atomic E-state index is -0.278.